The number of alkyl carbamates (subject to hydrolysis) is 1. The maximum atomic E-state index is 11.2. The van der Waals surface area contributed by atoms with Gasteiger partial charge in [0.05, 0.1) is 6.04 Å². The van der Waals surface area contributed by atoms with Crippen molar-refractivity contribution in [2.45, 2.75) is 45.3 Å². The van der Waals surface area contributed by atoms with Crippen LogP contribution in [0.5, 0.6) is 0 Å². The van der Waals surface area contributed by atoms with Gasteiger partial charge in [0.15, 0.2) is 0 Å². The van der Waals surface area contributed by atoms with E-state index < -0.39 is 23.7 Å². The summed E-state index contributed by atoms with van der Waals surface area (Å²) in [7, 11) is 0. The molecule has 0 saturated carbocycles. The molecule has 92 valence electrons. The topological polar surface area (TPSA) is 92.7 Å². The average molecular weight is 231 g/mol. The van der Waals surface area contributed by atoms with E-state index >= 15 is 0 Å². The van der Waals surface area contributed by atoms with E-state index in [1.807, 2.05) is 0 Å². The van der Waals surface area contributed by atoms with Crippen LogP contribution in [0.1, 0.15) is 33.6 Å². The van der Waals surface area contributed by atoms with Gasteiger partial charge in [0, 0.05) is 6.42 Å². The number of amides is 1. The molecule has 0 aliphatic heterocycles. The summed E-state index contributed by atoms with van der Waals surface area (Å²) in [4.78, 5) is 32.1. The molecule has 0 radical (unpaired) electrons. The van der Waals surface area contributed by atoms with E-state index in [0.29, 0.717) is 6.29 Å². The predicted molar refractivity (Wildman–Crippen MR) is 56.1 cm³/mol. The van der Waals surface area contributed by atoms with Gasteiger partial charge >= 0.3 is 12.1 Å². The second kappa shape index (κ2) is 6.09. The first kappa shape index (κ1) is 14.4. The van der Waals surface area contributed by atoms with Gasteiger partial charge in [-0.3, -0.25) is 4.79 Å². The summed E-state index contributed by atoms with van der Waals surface area (Å²) in [6.45, 7) is 5.08. The number of hydrogen-bond donors (Lipinski definition) is 2. The summed E-state index contributed by atoms with van der Waals surface area (Å²) in [5.74, 6) is -1.02. The van der Waals surface area contributed by atoms with E-state index in [1.54, 1.807) is 20.8 Å². The number of carbonyl (C=O) groups is 3. The number of rotatable bonds is 5. The van der Waals surface area contributed by atoms with Crippen molar-refractivity contribution in [2.24, 2.45) is 0 Å². The third-order valence-corrected chi connectivity index (χ3v) is 1.54. The lowest BCUT2D eigenvalue weighted by atomic mass is 10.2. The molecule has 0 unspecified atom stereocenters. The lowest BCUT2D eigenvalue weighted by Crippen LogP contribution is -2.40. The molecule has 0 bridgehead atoms. The molecular formula is C10H17NO5. The molecule has 0 spiro atoms. The highest BCUT2D eigenvalue weighted by atomic mass is 16.6. The average Bonchev–Trinajstić information content (AvgIpc) is 2.08. The fourth-order valence-electron chi connectivity index (χ4n) is 0.912. The Bertz CT molecular complexity index is 269. The van der Waals surface area contributed by atoms with E-state index in [-0.39, 0.29) is 12.8 Å². The predicted octanol–water partition coefficient (Wildman–Crippen LogP) is 0.943. The van der Waals surface area contributed by atoms with Crippen LogP contribution >= 0.6 is 0 Å². The Morgan fingerprint density at radius 3 is 2.38 bits per heavy atom. The van der Waals surface area contributed by atoms with E-state index in [2.05, 4.69) is 5.32 Å². The van der Waals surface area contributed by atoms with Gasteiger partial charge in [0.2, 0.25) is 0 Å². The largest absolute Gasteiger partial charge is 0.481 e. The summed E-state index contributed by atoms with van der Waals surface area (Å²) in [5.41, 5.74) is -0.648. The number of ether oxygens (including phenoxy) is 1. The Labute approximate surface area is 94.0 Å². The summed E-state index contributed by atoms with van der Waals surface area (Å²) in [5, 5.41) is 10.7. The van der Waals surface area contributed by atoms with Crippen LogP contribution in [0.25, 0.3) is 0 Å². The van der Waals surface area contributed by atoms with Crippen LogP contribution in [-0.2, 0) is 14.3 Å². The molecule has 0 aromatic heterocycles. The molecule has 0 aliphatic rings. The standard InChI is InChI=1S/C10H17NO5/c1-10(2,3)16-9(15)11-7(6-12)4-5-8(13)14/h6-7H,4-5H2,1-3H3,(H,11,15)(H,13,14)/t7-/m1/s1. The Morgan fingerprint density at radius 1 is 1.44 bits per heavy atom. The van der Waals surface area contributed by atoms with Crippen molar-refractivity contribution in [3.63, 3.8) is 0 Å². The van der Waals surface area contributed by atoms with Gasteiger partial charge in [0.1, 0.15) is 11.9 Å². The molecule has 0 aromatic rings. The molecule has 0 aliphatic carbocycles. The second-order valence-electron chi connectivity index (χ2n) is 4.32. The van der Waals surface area contributed by atoms with Crippen molar-refractivity contribution in [1.29, 1.82) is 0 Å². The van der Waals surface area contributed by atoms with Crippen LogP contribution in [-0.4, -0.2) is 35.1 Å². The normalized spacial score (nSPS) is 12.7. The number of aliphatic carboxylic acids is 1. The molecule has 0 rings (SSSR count). The summed E-state index contributed by atoms with van der Waals surface area (Å²) >= 11 is 0. The van der Waals surface area contributed by atoms with Gasteiger partial charge in [-0.05, 0) is 27.2 Å². The zero-order chi connectivity index (χ0) is 12.8. The lowest BCUT2D eigenvalue weighted by molar-refractivity contribution is -0.137. The Hall–Kier alpha value is -1.59. The smallest absolute Gasteiger partial charge is 0.408 e. The minimum absolute atomic E-state index is 0.0536. The van der Waals surface area contributed by atoms with Crippen molar-refractivity contribution in [3.05, 3.63) is 0 Å². The zero-order valence-corrected chi connectivity index (χ0v) is 9.65. The fourth-order valence-corrected chi connectivity index (χ4v) is 0.912. The van der Waals surface area contributed by atoms with Crippen LogP contribution in [0.3, 0.4) is 0 Å². The molecule has 6 heteroatoms. The minimum atomic E-state index is -1.02. The molecular weight excluding hydrogens is 214 g/mol. The number of nitrogens with one attached hydrogen (secondary N) is 1. The molecule has 1 amide bonds. The molecule has 0 aromatic carbocycles. The van der Waals surface area contributed by atoms with Gasteiger partial charge in [-0.2, -0.15) is 0 Å². The van der Waals surface area contributed by atoms with Crippen molar-refractivity contribution in [2.75, 3.05) is 0 Å². The first-order chi connectivity index (χ1) is 7.24. The minimum Gasteiger partial charge on any atom is -0.481 e. The lowest BCUT2D eigenvalue weighted by Gasteiger charge is -2.21. The molecule has 0 fully saturated rings. The van der Waals surface area contributed by atoms with Crippen LogP contribution in [0.2, 0.25) is 0 Å². The highest BCUT2D eigenvalue weighted by Gasteiger charge is 2.19. The Balaban J connectivity index is 4.07. The van der Waals surface area contributed by atoms with E-state index in [0.717, 1.165) is 0 Å². The first-order valence-electron chi connectivity index (χ1n) is 4.91. The van der Waals surface area contributed by atoms with Crippen molar-refractivity contribution in [3.8, 4) is 0 Å². The van der Waals surface area contributed by atoms with Crippen molar-refractivity contribution >= 4 is 18.3 Å². The second-order valence-corrected chi connectivity index (χ2v) is 4.32. The number of carboxylic acid groups (broad SMARTS) is 1. The SMILES string of the molecule is CC(C)(C)OC(=O)N[C@@H](C=O)CCC(=O)O. The van der Waals surface area contributed by atoms with Gasteiger partial charge in [-0.15, -0.1) is 0 Å². The van der Waals surface area contributed by atoms with Crippen molar-refractivity contribution < 1.29 is 24.2 Å². The molecule has 16 heavy (non-hydrogen) atoms. The highest BCUT2D eigenvalue weighted by molar-refractivity contribution is 5.74. The number of carboxylic acids is 1. The van der Waals surface area contributed by atoms with Crippen molar-refractivity contribution in [1.82, 2.24) is 5.32 Å². The van der Waals surface area contributed by atoms with Crippen LogP contribution < -0.4 is 5.32 Å². The zero-order valence-electron chi connectivity index (χ0n) is 9.65. The monoisotopic (exact) mass is 231 g/mol. The quantitative estimate of drug-likeness (QED) is 0.687. The van der Waals surface area contributed by atoms with Crippen LogP contribution in [0, 0.1) is 0 Å². The number of hydrogen-bond acceptors (Lipinski definition) is 4. The Kier molecular flexibility index (Phi) is 5.49. The Morgan fingerprint density at radius 2 is 2.00 bits per heavy atom. The highest BCUT2D eigenvalue weighted by Crippen LogP contribution is 2.07. The summed E-state index contributed by atoms with van der Waals surface area (Å²) in [6.07, 6.45) is -0.362. The van der Waals surface area contributed by atoms with E-state index in [9.17, 15) is 14.4 Å². The molecule has 1 atom stereocenters. The molecule has 2 N–H and O–H groups in total. The maximum absolute atomic E-state index is 11.2. The molecule has 6 nitrogen and oxygen atoms in total. The molecule has 0 saturated heterocycles. The van der Waals surface area contributed by atoms with Gasteiger partial charge < -0.3 is 20.0 Å². The first-order valence-corrected chi connectivity index (χ1v) is 4.91. The number of aldehydes is 1. The maximum Gasteiger partial charge on any atom is 0.408 e. The van der Waals surface area contributed by atoms with Gasteiger partial charge in [-0.25, -0.2) is 4.79 Å². The number of carbonyl (C=O) groups excluding carboxylic acids is 2. The summed E-state index contributed by atoms with van der Waals surface area (Å²) in [6, 6.07) is -0.828. The third-order valence-electron chi connectivity index (χ3n) is 1.54. The molecule has 0 heterocycles. The van der Waals surface area contributed by atoms with Gasteiger partial charge in [-0.1, -0.05) is 0 Å². The van der Waals surface area contributed by atoms with E-state index in [1.165, 1.54) is 0 Å². The fraction of sp³-hybridized carbons (Fsp3) is 0.700. The summed E-state index contributed by atoms with van der Waals surface area (Å²) < 4.78 is 4.92. The van der Waals surface area contributed by atoms with Crippen LogP contribution in [0.4, 0.5) is 4.79 Å². The van der Waals surface area contributed by atoms with Gasteiger partial charge in [0.25, 0.3) is 0 Å². The van der Waals surface area contributed by atoms with E-state index in [4.69, 9.17) is 9.84 Å². The van der Waals surface area contributed by atoms with Crippen LogP contribution in [0.15, 0.2) is 0 Å². The third kappa shape index (κ3) is 7.78.